The van der Waals surface area contributed by atoms with Gasteiger partial charge in [-0.2, -0.15) is 0 Å². The number of benzene rings is 4. The quantitative estimate of drug-likeness (QED) is 0.200. The van der Waals surface area contributed by atoms with Crippen LogP contribution in [-0.2, 0) is 16.9 Å². The molecule has 0 spiro atoms. The minimum absolute atomic E-state index is 0.00762. The second kappa shape index (κ2) is 13.4. The molecule has 6 heteroatoms. The number of carbonyl (C=O) groups excluding carboxylic acids is 1. The SMILES string of the molecule is O=C(OCc1ccccc1)N1CCNCC1CC=Cc1cncn1C(c1ccccc1)(c1ccccc1)c1ccccc1. The molecule has 1 unspecified atom stereocenters. The lowest BCUT2D eigenvalue weighted by molar-refractivity contribution is 0.0728. The van der Waals surface area contributed by atoms with Gasteiger partial charge < -0.3 is 19.5 Å². The lowest BCUT2D eigenvalue weighted by Crippen LogP contribution is -2.53. The monoisotopic (exact) mass is 568 g/mol. The summed E-state index contributed by atoms with van der Waals surface area (Å²) in [7, 11) is 0. The molecule has 1 atom stereocenters. The highest BCUT2D eigenvalue weighted by atomic mass is 16.6. The number of aromatic nitrogens is 2. The first-order valence-electron chi connectivity index (χ1n) is 14.8. The minimum atomic E-state index is -0.639. The molecule has 0 bridgehead atoms. The molecule has 1 fully saturated rings. The highest BCUT2D eigenvalue weighted by Gasteiger charge is 2.39. The molecule has 1 aromatic heterocycles. The van der Waals surface area contributed by atoms with Gasteiger partial charge in [0.25, 0.3) is 0 Å². The molecule has 1 saturated heterocycles. The third kappa shape index (κ3) is 6.01. The van der Waals surface area contributed by atoms with E-state index in [1.165, 1.54) is 0 Å². The van der Waals surface area contributed by atoms with Gasteiger partial charge in [-0.05, 0) is 34.8 Å². The minimum Gasteiger partial charge on any atom is -0.445 e. The van der Waals surface area contributed by atoms with Crippen molar-refractivity contribution in [3.8, 4) is 0 Å². The van der Waals surface area contributed by atoms with Crippen molar-refractivity contribution in [2.75, 3.05) is 19.6 Å². The van der Waals surface area contributed by atoms with E-state index in [-0.39, 0.29) is 18.7 Å². The zero-order valence-corrected chi connectivity index (χ0v) is 24.1. The molecule has 1 aliphatic heterocycles. The van der Waals surface area contributed by atoms with Gasteiger partial charge in [0.1, 0.15) is 12.1 Å². The smallest absolute Gasteiger partial charge is 0.410 e. The van der Waals surface area contributed by atoms with Crippen LogP contribution < -0.4 is 5.32 Å². The molecule has 6 rings (SSSR count). The Kier molecular flexibility index (Phi) is 8.76. The maximum Gasteiger partial charge on any atom is 0.410 e. The van der Waals surface area contributed by atoms with E-state index in [0.717, 1.165) is 34.5 Å². The zero-order chi connectivity index (χ0) is 29.3. The normalized spacial score (nSPS) is 15.4. The number of piperazine rings is 1. The molecule has 1 N–H and O–H groups in total. The predicted octanol–water partition coefficient (Wildman–Crippen LogP) is 6.74. The second-order valence-electron chi connectivity index (χ2n) is 10.7. The van der Waals surface area contributed by atoms with Gasteiger partial charge >= 0.3 is 6.09 Å². The fraction of sp³-hybridized carbons (Fsp3) is 0.189. The maximum atomic E-state index is 13.1. The summed E-state index contributed by atoms with van der Waals surface area (Å²) in [5.74, 6) is 0. The van der Waals surface area contributed by atoms with E-state index in [2.05, 4.69) is 99.8 Å². The number of hydrogen-bond donors (Lipinski definition) is 1. The second-order valence-corrected chi connectivity index (χ2v) is 10.7. The van der Waals surface area contributed by atoms with E-state index >= 15 is 0 Å². The average Bonchev–Trinajstić information content (AvgIpc) is 3.55. The highest BCUT2D eigenvalue weighted by Crippen LogP contribution is 2.41. The van der Waals surface area contributed by atoms with E-state index in [1.54, 1.807) is 0 Å². The van der Waals surface area contributed by atoms with Gasteiger partial charge in [0.2, 0.25) is 0 Å². The van der Waals surface area contributed by atoms with Crippen molar-refractivity contribution < 1.29 is 9.53 Å². The van der Waals surface area contributed by atoms with Crippen LogP contribution in [0.3, 0.4) is 0 Å². The first-order valence-corrected chi connectivity index (χ1v) is 14.8. The fourth-order valence-electron chi connectivity index (χ4n) is 6.02. The molecule has 43 heavy (non-hydrogen) atoms. The molecule has 4 aromatic carbocycles. The van der Waals surface area contributed by atoms with E-state index in [4.69, 9.17) is 4.74 Å². The topological polar surface area (TPSA) is 59.4 Å². The molecule has 1 amide bonds. The molecule has 216 valence electrons. The van der Waals surface area contributed by atoms with E-state index in [9.17, 15) is 4.79 Å². The number of rotatable bonds is 9. The number of imidazole rings is 1. The van der Waals surface area contributed by atoms with Crippen molar-refractivity contribution in [2.24, 2.45) is 0 Å². The van der Waals surface area contributed by atoms with Crippen molar-refractivity contribution in [2.45, 2.75) is 24.6 Å². The summed E-state index contributed by atoms with van der Waals surface area (Å²) in [4.78, 5) is 19.6. The van der Waals surface area contributed by atoms with E-state index in [1.807, 2.05) is 66.0 Å². The first kappa shape index (κ1) is 28.2. The molecule has 0 aliphatic carbocycles. The number of hydrogen-bond acceptors (Lipinski definition) is 4. The number of carbonyl (C=O) groups is 1. The Morgan fingerprint density at radius 3 is 1.98 bits per heavy atom. The molecular formula is C37H36N4O2. The Labute approximate surface area is 253 Å². The third-order valence-electron chi connectivity index (χ3n) is 8.09. The van der Waals surface area contributed by atoms with Gasteiger partial charge in [-0.1, -0.05) is 127 Å². The molecule has 6 nitrogen and oxygen atoms in total. The Bertz CT molecular complexity index is 1520. The summed E-state index contributed by atoms with van der Waals surface area (Å²) in [5, 5.41) is 3.44. The van der Waals surface area contributed by atoms with Crippen molar-refractivity contribution in [1.29, 1.82) is 0 Å². The summed E-state index contributed by atoms with van der Waals surface area (Å²) in [5.41, 5.74) is 4.74. The summed E-state index contributed by atoms with van der Waals surface area (Å²) >= 11 is 0. The van der Waals surface area contributed by atoms with Crippen LogP contribution in [0.2, 0.25) is 0 Å². The van der Waals surface area contributed by atoms with Gasteiger partial charge in [0.05, 0.1) is 24.3 Å². The van der Waals surface area contributed by atoms with Crippen molar-refractivity contribution in [3.63, 3.8) is 0 Å². The molecular weight excluding hydrogens is 532 g/mol. The Morgan fingerprint density at radius 1 is 0.837 bits per heavy atom. The fourth-order valence-corrected chi connectivity index (χ4v) is 6.02. The standard InChI is InChI=1S/C37H36N4O2/c42-36(43-28-30-14-5-1-6-15-30)40-25-24-38-26-34(40)22-13-23-35-27-39-29-41(35)37(31-16-7-2-8-17-31,32-18-9-3-10-19-32)33-20-11-4-12-21-33/h1-21,23,27,29,34,38H,22,24-26,28H2. The number of amides is 1. The summed E-state index contributed by atoms with van der Waals surface area (Å²) < 4.78 is 7.94. The Hall–Kier alpha value is -4.94. The predicted molar refractivity (Wildman–Crippen MR) is 170 cm³/mol. The Morgan fingerprint density at radius 2 is 1.40 bits per heavy atom. The van der Waals surface area contributed by atoms with Crippen LogP contribution in [0.15, 0.2) is 140 Å². The van der Waals surface area contributed by atoms with Crippen molar-refractivity contribution in [1.82, 2.24) is 19.8 Å². The van der Waals surface area contributed by atoms with Crippen LogP contribution >= 0.6 is 0 Å². The largest absolute Gasteiger partial charge is 0.445 e. The molecule has 5 aromatic rings. The van der Waals surface area contributed by atoms with Crippen molar-refractivity contribution >= 4 is 12.2 Å². The maximum absolute atomic E-state index is 13.1. The lowest BCUT2D eigenvalue weighted by atomic mass is 9.76. The molecule has 0 radical (unpaired) electrons. The molecule has 2 heterocycles. The number of nitrogens with one attached hydrogen (secondary N) is 1. The van der Waals surface area contributed by atoms with Crippen LogP contribution in [0.4, 0.5) is 4.79 Å². The van der Waals surface area contributed by atoms with Gasteiger partial charge in [0.15, 0.2) is 0 Å². The summed E-state index contributed by atoms with van der Waals surface area (Å²) in [6.45, 7) is 2.35. The molecule has 0 saturated carbocycles. The van der Waals surface area contributed by atoms with E-state index in [0.29, 0.717) is 19.5 Å². The molecule has 1 aliphatic rings. The summed E-state index contributed by atoms with van der Waals surface area (Å²) in [6.07, 6.45) is 8.51. The van der Waals surface area contributed by atoms with E-state index < -0.39 is 5.54 Å². The number of ether oxygens (including phenoxy) is 1. The van der Waals surface area contributed by atoms with Gasteiger partial charge in [-0.3, -0.25) is 0 Å². The van der Waals surface area contributed by atoms with Crippen LogP contribution in [-0.4, -0.2) is 46.2 Å². The average molecular weight is 569 g/mol. The first-order chi connectivity index (χ1) is 21.3. The third-order valence-corrected chi connectivity index (χ3v) is 8.09. The Balaban J connectivity index is 1.30. The lowest BCUT2D eigenvalue weighted by Gasteiger charge is -2.38. The van der Waals surface area contributed by atoms with Crippen molar-refractivity contribution in [3.05, 3.63) is 168 Å². The highest BCUT2D eigenvalue weighted by molar-refractivity contribution is 5.68. The van der Waals surface area contributed by atoms with Gasteiger partial charge in [0, 0.05) is 19.6 Å². The van der Waals surface area contributed by atoms with Gasteiger partial charge in [-0.15, -0.1) is 0 Å². The summed E-state index contributed by atoms with van der Waals surface area (Å²) in [6, 6.07) is 41.5. The van der Waals surface area contributed by atoms with Crippen LogP contribution in [0.1, 0.15) is 34.4 Å². The van der Waals surface area contributed by atoms with Gasteiger partial charge in [-0.25, -0.2) is 9.78 Å². The zero-order valence-electron chi connectivity index (χ0n) is 24.1. The number of nitrogens with zero attached hydrogens (tertiary/aromatic N) is 3. The van der Waals surface area contributed by atoms with Crippen LogP contribution in [0.25, 0.3) is 6.08 Å². The van der Waals surface area contributed by atoms with Crippen LogP contribution in [0, 0.1) is 0 Å². The van der Waals surface area contributed by atoms with Crippen LogP contribution in [0.5, 0.6) is 0 Å².